The molecular weight excluding hydrogens is 260 g/mol. The number of carbonyl (C=O) groups excluding carboxylic acids is 2. The standard InChI is InChI=1S/C11H13ClN2O2S/c1-14(5-4-10(13)15)11(16)8-3-2-7(12)6-9(8)17/h2-3,6,17H,4-5H2,1H3,(H2,13,15). The Morgan fingerprint density at radius 2 is 2.12 bits per heavy atom. The molecule has 0 aromatic heterocycles. The zero-order valence-corrected chi connectivity index (χ0v) is 11.0. The van der Waals surface area contributed by atoms with Gasteiger partial charge in [-0.2, -0.15) is 0 Å². The summed E-state index contributed by atoms with van der Waals surface area (Å²) in [6.07, 6.45) is 0.137. The van der Waals surface area contributed by atoms with Gasteiger partial charge in [-0.1, -0.05) is 11.6 Å². The second-order valence-electron chi connectivity index (χ2n) is 3.60. The lowest BCUT2D eigenvalue weighted by molar-refractivity contribution is -0.118. The molecule has 1 aromatic carbocycles. The Balaban J connectivity index is 2.78. The Labute approximate surface area is 110 Å². The molecule has 0 unspecified atom stereocenters. The number of hydrogen-bond acceptors (Lipinski definition) is 3. The van der Waals surface area contributed by atoms with Crippen LogP contribution in [0.5, 0.6) is 0 Å². The van der Waals surface area contributed by atoms with Crippen LogP contribution in [0.1, 0.15) is 16.8 Å². The molecule has 0 atom stereocenters. The molecule has 0 heterocycles. The van der Waals surface area contributed by atoms with E-state index in [1.165, 1.54) is 4.90 Å². The number of amides is 2. The van der Waals surface area contributed by atoms with Crippen molar-refractivity contribution in [3.8, 4) is 0 Å². The largest absolute Gasteiger partial charge is 0.370 e. The maximum absolute atomic E-state index is 12.0. The van der Waals surface area contributed by atoms with Crippen molar-refractivity contribution in [2.24, 2.45) is 5.73 Å². The van der Waals surface area contributed by atoms with Crippen LogP contribution in [0.15, 0.2) is 23.1 Å². The Hall–Kier alpha value is -1.20. The van der Waals surface area contributed by atoms with Gasteiger partial charge in [-0.3, -0.25) is 9.59 Å². The van der Waals surface area contributed by atoms with Gasteiger partial charge in [0.05, 0.1) is 5.56 Å². The van der Waals surface area contributed by atoms with Crippen LogP contribution in [-0.4, -0.2) is 30.3 Å². The van der Waals surface area contributed by atoms with Crippen molar-refractivity contribution in [1.29, 1.82) is 0 Å². The third-order valence-electron chi connectivity index (χ3n) is 2.23. The highest BCUT2D eigenvalue weighted by Crippen LogP contribution is 2.20. The molecule has 0 aliphatic carbocycles. The van der Waals surface area contributed by atoms with Gasteiger partial charge < -0.3 is 10.6 Å². The quantitative estimate of drug-likeness (QED) is 0.818. The summed E-state index contributed by atoms with van der Waals surface area (Å²) in [5, 5.41) is 0.520. The molecule has 92 valence electrons. The van der Waals surface area contributed by atoms with Crippen molar-refractivity contribution >= 4 is 36.0 Å². The second kappa shape index (κ2) is 5.93. The van der Waals surface area contributed by atoms with E-state index in [4.69, 9.17) is 17.3 Å². The van der Waals surface area contributed by atoms with E-state index in [0.717, 1.165) is 0 Å². The summed E-state index contributed by atoms with van der Waals surface area (Å²) in [6, 6.07) is 4.82. The molecule has 0 saturated carbocycles. The first-order chi connectivity index (χ1) is 7.91. The van der Waals surface area contributed by atoms with Gasteiger partial charge in [0.15, 0.2) is 0 Å². The molecule has 6 heteroatoms. The summed E-state index contributed by atoms with van der Waals surface area (Å²) in [6.45, 7) is 0.282. The van der Waals surface area contributed by atoms with Crippen LogP contribution in [0.4, 0.5) is 0 Å². The molecule has 0 saturated heterocycles. The number of thiol groups is 1. The first-order valence-electron chi connectivity index (χ1n) is 4.94. The van der Waals surface area contributed by atoms with Gasteiger partial charge in [-0.05, 0) is 18.2 Å². The Morgan fingerprint density at radius 1 is 1.47 bits per heavy atom. The number of nitrogens with two attached hydrogens (primary N) is 1. The van der Waals surface area contributed by atoms with Gasteiger partial charge in [0.1, 0.15) is 0 Å². The molecule has 0 aliphatic rings. The number of carbonyl (C=O) groups is 2. The lowest BCUT2D eigenvalue weighted by atomic mass is 10.2. The third-order valence-corrected chi connectivity index (χ3v) is 2.84. The lowest BCUT2D eigenvalue weighted by Crippen LogP contribution is -2.30. The topological polar surface area (TPSA) is 63.4 Å². The average molecular weight is 273 g/mol. The van der Waals surface area contributed by atoms with Crippen molar-refractivity contribution in [2.75, 3.05) is 13.6 Å². The van der Waals surface area contributed by atoms with Crippen LogP contribution in [0, 0.1) is 0 Å². The normalized spacial score (nSPS) is 10.1. The highest BCUT2D eigenvalue weighted by molar-refractivity contribution is 7.80. The zero-order chi connectivity index (χ0) is 13.0. The number of benzene rings is 1. The highest BCUT2D eigenvalue weighted by Gasteiger charge is 2.14. The summed E-state index contributed by atoms with van der Waals surface area (Å²) in [7, 11) is 1.60. The Morgan fingerprint density at radius 3 is 2.65 bits per heavy atom. The Bertz CT molecular complexity index is 451. The molecule has 0 bridgehead atoms. The maximum atomic E-state index is 12.0. The van der Waals surface area contributed by atoms with E-state index in [0.29, 0.717) is 15.5 Å². The molecule has 2 amide bonds. The lowest BCUT2D eigenvalue weighted by Gasteiger charge is -2.17. The molecule has 1 rings (SSSR count). The van der Waals surface area contributed by atoms with Gasteiger partial charge >= 0.3 is 0 Å². The van der Waals surface area contributed by atoms with Crippen LogP contribution < -0.4 is 5.73 Å². The van der Waals surface area contributed by atoms with Crippen LogP contribution in [0.25, 0.3) is 0 Å². The van der Waals surface area contributed by atoms with Gasteiger partial charge in [0, 0.05) is 29.9 Å². The van der Waals surface area contributed by atoms with E-state index in [9.17, 15) is 9.59 Å². The molecule has 2 N–H and O–H groups in total. The van der Waals surface area contributed by atoms with Crippen molar-refractivity contribution in [2.45, 2.75) is 11.3 Å². The van der Waals surface area contributed by atoms with Crippen LogP contribution in [0.2, 0.25) is 5.02 Å². The number of halogens is 1. The van der Waals surface area contributed by atoms with E-state index >= 15 is 0 Å². The van der Waals surface area contributed by atoms with E-state index in [1.807, 2.05) is 0 Å². The minimum Gasteiger partial charge on any atom is -0.370 e. The number of hydrogen-bond donors (Lipinski definition) is 2. The van der Waals surface area contributed by atoms with E-state index in [-0.39, 0.29) is 18.9 Å². The first-order valence-corrected chi connectivity index (χ1v) is 5.76. The second-order valence-corrected chi connectivity index (χ2v) is 4.52. The fourth-order valence-electron chi connectivity index (χ4n) is 1.27. The van der Waals surface area contributed by atoms with Gasteiger partial charge in [0.2, 0.25) is 5.91 Å². The fraction of sp³-hybridized carbons (Fsp3) is 0.273. The third kappa shape index (κ3) is 3.94. The zero-order valence-electron chi connectivity index (χ0n) is 9.31. The van der Waals surface area contributed by atoms with Gasteiger partial charge in [0.25, 0.3) is 5.91 Å². The van der Waals surface area contributed by atoms with Crippen molar-refractivity contribution < 1.29 is 9.59 Å². The molecular formula is C11H13ClN2O2S. The number of rotatable bonds is 4. The smallest absolute Gasteiger partial charge is 0.254 e. The molecule has 1 aromatic rings. The van der Waals surface area contributed by atoms with E-state index in [1.54, 1.807) is 25.2 Å². The van der Waals surface area contributed by atoms with Gasteiger partial charge in [-0.25, -0.2) is 0 Å². The molecule has 0 fully saturated rings. The Kier molecular flexibility index (Phi) is 4.84. The first kappa shape index (κ1) is 13.9. The molecule has 0 aliphatic heterocycles. The summed E-state index contributed by atoms with van der Waals surface area (Å²) in [4.78, 5) is 24.5. The van der Waals surface area contributed by atoms with Crippen LogP contribution in [-0.2, 0) is 4.79 Å². The minimum atomic E-state index is -0.438. The number of nitrogens with zero attached hydrogens (tertiary/aromatic N) is 1. The predicted molar refractivity (Wildman–Crippen MR) is 69.5 cm³/mol. The van der Waals surface area contributed by atoms with Gasteiger partial charge in [-0.15, -0.1) is 12.6 Å². The molecule has 17 heavy (non-hydrogen) atoms. The van der Waals surface area contributed by atoms with Crippen LogP contribution in [0.3, 0.4) is 0 Å². The monoisotopic (exact) mass is 272 g/mol. The SMILES string of the molecule is CN(CCC(N)=O)C(=O)c1ccc(Cl)cc1S. The van der Waals surface area contributed by atoms with Crippen molar-refractivity contribution in [1.82, 2.24) is 4.90 Å². The molecule has 0 spiro atoms. The van der Waals surface area contributed by atoms with E-state index in [2.05, 4.69) is 12.6 Å². The summed E-state index contributed by atoms with van der Waals surface area (Å²) in [5.74, 6) is -0.653. The summed E-state index contributed by atoms with van der Waals surface area (Å²) >= 11 is 9.96. The fourth-order valence-corrected chi connectivity index (χ4v) is 1.83. The minimum absolute atomic E-state index is 0.137. The molecule has 4 nitrogen and oxygen atoms in total. The average Bonchev–Trinajstić information content (AvgIpc) is 2.25. The van der Waals surface area contributed by atoms with Crippen LogP contribution >= 0.6 is 24.2 Å². The highest BCUT2D eigenvalue weighted by atomic mass is 35.5. The summed E-state index contributed by atoms with van der Waals surface area (Å²) in [5.41, 5.74) is 5.47. The van der Waals surface area contributed by atoms with E-state index < -0.39 is 5.91 Å². The van der Waals surface area contributed by atoms with Crippen molar-refractivity contribution in [3.63, 3.8) is 0 Å². The predicted octanol–water partition coefficient (Wildman–Crippen LogP) is 1.58. The molecule has 0 radical (unpaired) electrons. The number of primary amides is 1. The summed E-state index contributed by atoms with van der Waals surface area (Å²) < 4.78 is 0. The maximum Gasteiger partial charge on any atom is 0.254 e. The van der Waals surface area contributed by atoms with Crippen molar-refractivity contribution in [3.05, 3.63) is 28.8 Å².